The van der Waals surface area contributed by atoms with E-state index in [-0.39, 0.29) is 17.9 Å². The summed E-state index contributed by atoms with van der Waals surface area (Å²) >= 11 is 1.60. The number of hydrogen-bond acceptors (Lipinski definition) is 6. The topological polar surface area (TPSA) is 77.0 Å². The number of rotatable bonds is 8. The minimum Gasteiger partial charge on any atom is -0.481 e. The van der Waals surface area contributed by atoms with E-state index in [4.69, 9.17) is 14.5 Å². The number of carbonyl (C=O) groups is 2. The predicted octanol–water partition coefficient (Wildman–Crippen LogP) is 6.84. The van der Waals surface area contributed by atoms with E-state index in [1.807, 2.05) is 48.5 Å². The monoisotopic (exact) mass is 518 g/mol. The Bertz CT molecular complexity index is 1270. The summed E-state index contributed by atoms with van der Waals surface area (Å²) in [6.45, 7) is 8.74. The van der Waals surface area contributed by atoms with E-state index in [0.29, 0.717) is 28.8 Å². The number of carbonyl (C=O) groups excluding carboxylic acids is 2. The molecule has 0 bridgehead atoms. The van der Waals surface area contributed by atoms with Gasteiger partial charge in [0.15, 0.2) is 6.61 Å². The number of anilines is 1. The van der Waals surface area contributed by atoms with Gasteiger partial charge in [0.05, 0.1) is 12.2 Å². The van der Waals surface area contributed by atoms with Gasteiger partial charge >= 0.3 is 5.97 Å². The maximum atomic E-state index is 13.5. The summed E-state index contributed by atoms with van der Waals surface area (Å²) in [5.41, 5.74) is 3.44. The molecule has 1 amide bonds. The lowest BCUT2D eigenvalue weighted by Gasteiger charge is -2.33. The fraction of sp³-hybridized carbons (Fsp3) is 0.367. The molecule has 0 fully saturated rings. The zero-order valence-corrected chi connectivity index (χ0v) is 22.7. The number of esters is 1. The van der Waals surface area contributed by atoms with Crippen LogP contribution in [0.2, 0.25) is 0 Å². The second-order valence-electron chi connectivity index (χ2n) is 10.2. The molecule has 0 radical (unpaired) electrons. The molecular formula is C30H34N2O4S. The van der Waals surface area contributed by atoms with Gasteiger partial charge in [0.25, 0.3) is 5.91 Å². The van der Waals surface area contributed by atoms with Gasteiger partial charge in [0, 0.05) is 22.3 Å². The van der Waals surface area contributed by atoms with Crippen LogP contribution in [-0.2, 0) is 22.4 Å². The van der Waals surface area contributed by atoms with Gasteiger partial charge < -0.3 is 14.8 Å². The van der Waals surface area contributed by atoms with Gasteiger partial charge in [-0.2, -0.15) is 0 Å². The lowest BCUT2D eigenvalue weighted by molar-refractivity contribution is -0.145. The van der Waals surface area contributed by atoms with E-state index in [1.165, 1.54) is 4.88 Å². The van der Waals surface area contributed by atoms with Gasteiger partial charge in [-0.1, -0.05) is 51.1 Å². The number of hydrogen-bond donors (Lipinski definition) is 1. The molecule has 37 heavy (non-hydrogen) atoms. The summed E-state index contributed by atoms with van der Waals surface area (Å²) in [5, 5.41) is 3.74. The van der Waals surface area contributed by atoms with E-state index in [2.05, 4.69) is 26.1 Å². The number of para-hydroxylation sites is 2. The predicted molar refractivity (Wildman–Crippen MR) is 150 cm³/mol. The molecule has 4 rings (SSSR count). The summed E-state index contributed by atoms with van der Waals surface area (Å²) in [6.07, 6.45) is 4.56. The number of ether oxygens (including phenoxy) is 2. The average Bonchev–Trinajstić information content (AvgIpc) is 3.25. The largest absolute Gasteiger partial charge is 0.481 e. The van der Waals surface area contributed by atoms with Crippen LogP contribution >= 0.6 is 11.3 Å². The minimum atomic E-state index is -0.423. The quantitative estimate of drug-likeness (QED) is 0.261. The van der Waals surface area contributed by atoms with Crippen molar-refractivity contribution in [2.45, 2.75) is 47.0 Å². The molecule has 1 N–H and O–H groups in total. The van der Waals surface area contributed by atoms with E-state index in [9.17, 15) is 9.59 Å². The lowest BCUT2D eigenvalue weighted by atomic mass is 9.72. The van der Waals surface area contributed by atoms with Crippen LogP contribution in [0.1, 0.15) is 60.5 Å². The number of aliphatic imine (C=N–C) groups is 1. The van der Waals surface area contributed by atoms with Crippen LogP contribution in [0.5, 0.6) is 5.75 Å². The Balaban J connectivity index is 1.65. The highest BCUT2D eigenvalue weighted by Crippen LogP contribution is 2.45. The van der Waals surface area contributed by atoms with Crippen molar-refractivity contribution in [3.05, 3.63) is 76.2 Å². The molecular weight excluding hydrogens is 484 g/mol. The number of fused-ring (bicyclic) bond motifs is 1. The standard InChI is InChI=1S/C30H34N2O4S/c1-5-35-26(33)19-36-24-14-10-9-11-20(24)18-31-29-27(28(34)32-22-12-7-6-8-13-22)23-16-15-21(30(2,3)4)17-25(23)37-29/h6-14,18,21H,5,15-17,19H2,1-4H3,(H,32,34)/t21-/m0/s1. The van der Waals surface area contributed by atoms with E-state index in [1.54, 1.807) is 30.5 Å². The van der Waals surface area contributed by atoms with Crippen molar-refractivity contribution in [1.29, 1.82) is 0 Å². The van der Waals surface area contributed by atoms with Crippen molar-refractivity contribution in [3.63, 3.8) is 0 Å². The van der Waals surface area contributed by atoms with Crippen LogP contribution in [0.25, 0.3) is 0 Å². The Morgan fingerprint density at radius 2 is 1.84 bits per heavy atom. The van der Waals surface area contributed by atoms with Crippen molar-refractivity contribution in [2.75, 3.05) is 18.5 Å². The third-order valence-electron chi connectivity index (χ3n) is 6.62. The van der Waals surface area contributed by atoms with Gasteiger partial charge in [-0.25, -0.2) is 9.79 Å². The number of nitrogens with zero attached hydrogens (tertiary/aromatic N) is 1. The molecule has 7 heteroatoms. The first-order chi connectivity index (χ1) is 17.8. The van der Waals surface area contributed by atoms with Gasteiger partial charge in [-0.3, -0.25) is 4.79 Å². The minimum absolute atomic E-state index is 0.142. The molecule has 2 aromatic carbocycles. The number of benzene rings is 2. The molecule has 194 valence electrons. The van der Waals surface area contributed by atoms with Crippen LogP contribution in [0.15, 0.2) is 59.6 Å². The van der Waals surface area contributed by atoms with Crippen molar-refractivity contribution in [1.82, 2.24) is 0 Å². The van der Waals surface area contributed by atoms with Gasteiger partial charge in [-0.05, 0) is 67.3 Å². The average molecular weight is 519 g/mol. The van der Waals surface area contributed by atoms with Crippen LogP contribution in [0.3, 0.4) is 0 Å². The summed E-state index contributed by atoms with van der Waals surface area (Å²) < 4.78 is 10.7. The molecule has 1 aliphatic rings. The maximum absolute atomic E-state index is 13.5. The summed E-state index contributed by atoms with van der Waals surface area (Å²) in [6, 6.07) is 16.9. The molecule has 1 aromatic heterocycles. The van der Waals surface area contributed by atoms with Crippen LogP contribution < -0.4 is 10.1 Å². The Kier molecular flexibility index (Phi) is 8.44. The normalized spacial score (nSPS) is 15.3. The van der Waals surface area contributed by atoms with Crippen molar-refractivity contribution < 1.29 is 19.1 Å². The second-order valence-corrected chi connectivity index (χ2v) is 11.3. The second kappa shape index (κ2) is 11.7. The fourth-order valence-corrected chi connectivity index (χ4v) is 5.81. The lowest BCUT2D eigenvalue weighted by Crippen LogP contribution is -2.27. The zero-order valence-electron chi connectivity index (χ0n) is 21.9. The molecule has 1 heterocycles. The third kappa shape index (κ3) is 6.66. The van der Waals surface area contributed by atoms with Crippen molar-refractivity contribution >= 4 is 40.1 Å². The Hall–Kier alpha value is -3.45. The van der Waals surface area contributed by atoms with Gasteiger partial charge in [0.1, 0.15) is 10.8 Å². The zero-order chi connectivity index (χ0) is 26.4. The van der Waals surface area contributed by atoms with Crippen LogP contribution in [0, 0.1) is 11.3 Å². The number of thiophene rings is 1. The molecule has 0 unspecified atom stereocenters. The molecule has 6 nitrogen and oxygen atoms in total. The van der Waals surface area contributed by atoms with Gasteiger partial charge in [0.2, 0.25) is 0 Å². The van der Waals surface area contributed by atoms with Crippen LogP contribution in [-0.4, -0.2) is 31.3 Å². The highest BCUT2D eigenvalue weighted by Gasteiger charge is 2.33. The van der Waals surface area contributed by atoms with Gasteiger partial charge in [-0.15, -0.1) is 11.3 Å². The summed E-state index contributed by atoms with van der Waals surface area (Å²) in [5.74, 6) is 0.520. The van der Waals surface area contributed by atoms with E-state index < -0.39 is 5.97 Å². The molecule has 0 saturated heterocycles. The number of amides is 1. The molecule has 1 aliphatic carbocycles. The molecule has 0 aliphatic heterocycles. The Labute approximate surface area is 222 Å². The first-order valence-electron chi connectivity index (χ1n) is 12.7. The van der Waals surface area contributed by atoms with Crippen LogP contribution in [0.4, 0.5) is 10.7 Å². The first-order valence-corrected chi connectivity index (χ1v) is 13.5. The maximum Gasteiger partial charge on any atom is 0.344 e. The highest BCUT2D eigenvalue weighted by atomic mass is 32.1. The Morgan fingerprint density at radius 3 is 2.57 bits per heavy atom. The van der Waals surface area contributed by atoms with E-state index in [0.717, 1.165) is 36.1 Å². The fourth-order valence-electron chi connectivity index (χ4n) is 4.54. The molecule has 1 atom stereocenters. The Morgan fingerprint density at radius 1 is 1.11 bits per heavy atom. The van der Waals surface area contributed by atoms with Crippen molar-refractivity contribution in [3.8, 4) is 5.75 Å². The smallest absolute Gasteiger partial charge is 0.344 e. The summed E-state index contributed by atoms with van der Waals surface area (Å²) in [7, 11) is 0. The van der Waals surface area contributed by atoms with E-state index >= 15 is 0 Å². The summed E-state index contributed by atoms with van der Waals surface area (Å²) in [4.78, 5) is 31.3. The molecule has 0 saturated carbocycles. The molecule has 3 aromatic rings. The first kappa shape index (κ1) is 26.6. The highest BCUT2D eigenvalue weighted by molar-refractivity contribution is 7.16. The molecule has 0 spiro atoms. The number of nitrogens with one attached hydrogen (secondary N) is 1. The third-order valence-corrected chi connectivity index (χ3v) is 7.78. The SMILES string of the molecule is CCOC(=O)COc1ccccc1C=Nc1sc2c(c1C(=O)Nc1ccccc1)CC[C@H](C(C)(C)C)C2. The van der Waals surface area contributed by atoms with Crippen molar-refractivity contribution in [2.24, 2.45) is 16.3 Å².